The van der Waals surface area contributed by atoms with E-state index in [0.717, 1.165) is 29.9 Å². The minimum atomic E-state index is -4.41. The van der Waals surface area contributed by atoms with Crippen molar-refractivity contribution in [2.24, 2.45) is 5.73 Å². The van der Waals surface area contributed by atoms with Gasteiger partial charge in [-0.15, -0.1) is 23.7 Å². The number of aromatic nitrogens is 1. The van der Waals surface area contributed by atoms with E-state index < -0.39 is 17.8 Å². The number of amides is 1. The van der Waals surface area contributed by atoms with Crippen molar-refractivity contribution in [1.29, 1.82) is 0 Å². The monoisotopic (exact) mass is 407 g/mol. The van der Waals surface area contributed by atoms with Crippen molar-refractivity contribution < 1.29 is 22.7 Å². The average molecular weight is 408 g/mol. The lowest BCUT2D eigenvalue weighted by molar-refractivity contribution is -0.137. The SMILES string of the molecule is Cl.NC[C@H]1CC[C@@H](C(=O)Nc2nc(-c3cccc(C(F)(F)F)c3)cs2)O1. The zero-order valence-corrected chi connectivity index (χ0v) is 15.1. The van der Waals surface area contributed by atoms with Gasteiger partial charge < -0.3 is 10.5 Å². The molecule has 3 N–H and O–H groups in total. The first-order valence-corrected chi connectivity index (χ1v) is 8.54. The molecule has 0 spiro atoms. The highest BCUT2D eigenvalue weighted by atomic mass is 35.5. The Balaban J connectivity index is 0.00000243. The van der Waals surface area contributed by atoms with Gasteiger partial charge in [0.25, 0.3) is 5.91 Å². The lowest BCUT2D eigenvalue weighted by Crippen LogP contribution is -2.29. The maximum atomic E-state index is 12.8. The normalized spacial score (nSPS) is 19.8. The summed E-state index contributed by atoms with van der Waals surface area (Å²) >= 11 is 1.15. The number of hydrogen-bond donors (Lipinski definition) is 2. The number of halogens is 4. The van der Waals surface area contributed by atoms with Crippen LogP contribution in [-0.2, 0) is 15.7 Å². The van der Waals surface area contributed by atoms with Gasteiger partial charge in [0.05, 0.1) is 17.4 Å². The largest absolute Gasteiger partial charge is 0.416 e. The van der Waals surface area contributed by atoms with Crippen molar-refractivity contribution in [2.75, 3.05) is 11.9 Å². The van der Waals surface area contributed by atoms with Crippen molar-refractivity contribution >= 4 is 34.8 Å². The smallest absolute Gasteiger partial charge is 0.364 e. The molecule has 2 aromatic rings. The maximum Gasteiger partial charge on any atom is 0.416 e. The van der Waals surface area contributed by atoms with Crippen molar-refractivity contribution in [2.45, 2.75) is 31.2 Å². The van der Waals surface area contributed by atoms with E-state index in [1.165, 1.54) is 6.07 Å². The molecule has 26 heavy (non-hydrogen) atoms. The summed E-state index contributed by atoms with van der Waals surface area (Å²) in [4.78, 5) is 16.3. The fourth-order valence-corrected chi connectivity index (χ4v) is 3.30. The van der Waals surface area contributed by atoms with Crippen molar-refractivity contribution in [1.82, 2.24) is 4.98 Å². The predicted molar refractivity (Wildman–Crippen MR) is 95.4 cm³/mol. The number of nitrogens with zero attached hydrogens (tertiary/aromatic N) is 1. The second kappa shape index (κ2) is 8.34. The number of nitrogens with one attached hydrogen (secondary N) is 1. The van der Waals surface area contributed by atoms with E-state index >= 15 is 0 Å². The van der Waals surface area contributed by atoms with Crippen LogP contribution < -0.4 is 11.1 Å². The first-order chi connectivity index (χ1) is 11.9. The van der Waals surface area contributed by atoms with Gasteiger partial charge in [0.1, 0.15) is 6.10 Å². The van der Waals surface area contributed by atoms with Crippen LogP contribution in [0, 0.1) is 0 Å². The molecule has 0 saturated carbocycles. The summed E-state index contributed by atoms with van der Waals surface area (Å²) in [5.74, 6) is -0.319. The van der Waals surface area contributed by atoms with Crippen molar-refractivity contribution in [3.8, 4) is 11.3 Å². The molecule has 2 heterocycles. The van der Waals surface area contributed by atoms with Crippen molar-refractivity contribution in [3.05, 3.63) is 35.2 Å². The Kier molecular flexibility index (Phi) is 6.62. The lowest BCUT2D eigenvalue weighted by atomic mass is 10.1. The van der Waals surface area contributed by atoms with E-state index in [1.807, 2.05) is 0 Å². The van der Waals surface area contributed by atoms with Gasteiger partial charge in [-0.1, -0.05) is 12.1 Å². The third-order valence-corrected chi connectivity index (χ3v) is 4.64. The topological polar surface area (TPSA) is 77.2 Å². The number of hydrogen-bond acceptors (Lipinski definition) is 5. The van der Waals surface area contributed by atoms with Crippen LogP contribution in [0.2, 0.25) is 0 Å². The van der Waals surface area contributed by atoms with Crippen LogP contribution in [0.4, 0.5) is 18.3 Å². The minimum Gasteiger partial charge on any atom is -0.364 e. The number of thiazole rings is 1. The Labute approximate surface area is 158 Å². The Hall–Kier alpha value is -1.68. The van der Waals surface area contributed by atoms with Gasteiger partial charge >= 0.3 is 6.18 Å². The Morgan fingerprint density at radius 3 is 2.81 bits per heavy atom. The van der Waals surface area contributed by atoms with Crippen LogP contribution in [0.1, 0.15) is 18.4 Å². The summed E-state index contributed by atoms with van der Waals surface area (Å²) in [6.45, 7) is 0.362. The van der Waals surface area contributed by atoms with E-state index in [-0.39, 0.29) is 24.4 Å². The summed E-state index contributed by atoms with van der Waals surface area (Å²) in [6, 6.07) is 4.91. The van der Waals surface area contributed by atoms with Crippen molar-refractivity contribution in [3.63, 3.8) is 0 Å². The quantitative estimate of drug-likeness (QED) is 0.810. The molecule has 1 aliphatic rings. The first-order valence-electron chi connectivity index (χ1n) is 7.66. The maximum absolute atomic E-state index is 12.8. The van der Waals surface area contributed by atoms with Crippen LogP contribution in [0.25, 0.3) is 11.3 Å². The molecule has 10 heteroatoms. The third kappa shape index (κ3) is 4.73. The molecule has 1 amide bonds. The molecule has 0 bridgehead atoms. The fourth-order valence-electron chi connectivity index (χ4n) is 2.58. The van der Waals surface area contributed by atoms with Gasteiger partial charge in [-0.2, -0.15) is 13.2 Å². The van der Waals surface area contributed by atoms with Gasteiger partial charge in [0.15, 0.2) is 5.13 Å². The number of alkyl halides is 3. The Morgan fingerprint density at radius 2 is 2.15 bits per heavy atom. The van der Waals surface area contributed by atoms with E-state index in [2.05, 4.69) is 10.3 Å². The molecule has 0 aliphatic carbocycles. The number of carbonyl (C=O) groups is 1. The number of rotatable bonds is 4. The Morgan fingerprint density at radius 1 is 1.38 bits per heavy atom. The number of benzene rings is 1. The minimum absolute atomic E-state index is 0. The molecule has 3 rings (SSSR count). The first kappa shape index (κ1) is 20.6. The van der Waals surface area contributed by atoms with Gasteiger partial charge in [0.2, 0.25) is 0 Å². The van der Waals surface area contributed by atoms with Crippen LogP contribution in [0.5, 0.6) is 0 Å². The molecule has 1 saturated heterocycles. The molecule has 1 aromatic heterocycles. The molecule has 2 atom stereocenters. The number of ether oxygens (including phenoxy) is 1. The second-order valence-electron chi connectivity index (χ2n) is 5.67. The number of carbonyl (C=O) groups excluding carboxylic acids is 1. The summed E-state index contributed by atoms with van der Waals surface area (Å²) < 4.78 is 43.9. The summed E-state index contributed by atoms with van der Waals surface area (Å²) in [5, 5.41) is 4.56. The number of anilines is 1. The molecule has 0 radical (unpaired) electrons. The highest BCUT2D eigenvalue weighted by Crippen LogP contribution is 2.33. The lowest BCUT2D eigenvalue weighted by Gasteiger charge is -2.11. The second-order valence-corrected chi connectivity index (χ2v) is 6.52. The van der Waals surface area contributed by atoms with E-state index in [0.29, 0.717) is 29.4 Å². The Bertz CT molecular complexity index is 769. The zero-order valence-electron chi connectivity index (χ0n) is 13.5. The number of nitrogens with two attached hydrogens (primary N) is 1. The van der Waals surface area contributed by atoms with E-state index in [9.17, 15) is 18.0 Å². The summed E-state index contributed by atoms with van der Waals surface area (Å²) in [5.41, 5.74) is 5.49. The fraction of sp³-hybridized carbons (Fsp3) is 0.375. The van der Waals surface area contributed by atoms with E-state index in [1.54, 1.807) is 11.4 Å². The van der Waals surface area contributed by atoms with Gasteiger partial charge in [0, 0.05) is 17.5 Å². The average Bonchev–Trinajstić information content (AvgIpc) is 3.23. The molecular formula is C16H17ClF3N3O2S. The van der Waals surface area contributed by atoms with Gasteiger partial charge in [-0.25, -0.2) is 4.98 Å². The van der Waals surface area contributed by atoms with Gasteiger partial charge in [-0.3, -0.25) is 10.1 Å². The zero-order chi connectivity index (χ0) is 18.0. The molecule has 5 nitrogen and oxygen atoms in total. The molecule has 1 aromatic carbocycles. The molecular weight excluding hydrogens is 391 g/mol. The predicted octanol–water partition coefficient (Wildman–Crippen LogP) is 3.70. The van der Waals surface area contributed by atoms with Crippen LogP contribution in [-0.4, -0.2) is 29.6 Å². The molecule has 142 valence electrons. The van der Waals surface area contributed by atoms with Crippen LogP contribution in [0.3, 0.4) is 0 Å². The molecule has 0 unspecified atom stereocenters. The molecule has 1 fully saturated rings. The highest BCUT2D eigenvalue weighted by Gasteiger charge is 2.31. The molecule has 1 aliphatic heterocycles. The summed E-state index contributed by atoms with van der Waals surface area (Å²) in [6.07, 6.45) is -3.80. The third-order valence-electron chi connectivity index (χ3n) is 3.88. The standard InChI is InChI=1S/C16H16F3N3O2S.ClH/c17-16(18,19)10-3-1-2-9(6-10)12-8-25-15(21-12)22-14(23)13-5-4-11(7-20)24-13;/h1-3,6,8,11,13H,4-5,7,20H2,(H,21,22,23);1H/t11-,13+;/m1./s1. The summed E-state index contributed by atoms with van der Waals surface area (Å²) in [7, 11) is 0. The van der Waals surface area contributed by atoms with Gasteiger partial charge in [-0.05, 0) is 25.0 Å². The highest BCUT2D eigenvalue weighted by molar-refractivity contribution is 7.14. The van der Waals surface area contributed by atoms with Crippen LogP contribution >= 0.6 is 23.7 Å². The van der Waals surface area contributed by atoms with Crippen LogP contribution in [0.15, 0.2) is 29.6 Å². The van der Waals surface area contributed by atoms with E-state index in [4.69, 9.17) is 10.5 Å².